The van der Waals surface area contributed by atoms with Gasteiger partial charge in [0.15, 0.2) is 5.58 Å². The smallest absolute Gasteiger partial charge is 0.408 e. The fourth-order valence-electron chi connectivity index (χ4n) is 2.50. The number of para-hydroxylation sites is 2. The van der Waals surface area contributed by atoms with E-state index in [1.807, 2.05) is 24.3 Å². The molecule has 0 N–H and O–H groups in total. The second-order valence-corrected chi connectivity index (χ2v) is 5.17. The van der Waals surface area contributed by atoms with E-state index in [0.29, 0.717) is 24.9 Å². The molecule has 1 aliphatic rings. The van der Waals surface area contributed by atoms with Crippen LogP contribution in [-0.2, 0) is 11.4 Å². The van der Waals surface area contributed by atoms with Crippen molar-refractivity contribution in [2.45, 2.75) is 32.7 Å². The normalized spacial score (nSPS) is 24.9. The van der Waals surface area contributed by atoms with E-state index >= 15 is 0 Å². The SMILES string of the molecule is C[C@@H]1CN(Cn2c(=O)oc3ccccc32)[C@@H](C)CO1. The highest BCUT2D eigenvalue weighted by Crippen LogP contribution is 2.16. The number of benzene rings is 1. The number of ether oxygens (including phenoxy) is 1. The van der Waals surface area contributed by atoms with E-state index in [2.05, 4.69) is 18.7 Å². The van der Waals surface area contributed by atoms with Crippen LogP contribution in [0.5, 0.6) is 0 Å². The molecule has 102 valence electrons. The summed E-state index contributed by atoms with van der Waals surface area (Å²) in [7, 11) is 0. The zero-order valence-corrected chi connectivity index (χ0v) is 11.2. The third-order valence-corrected chi connectivity index (χ3v) is 3.63. The maximum atomic E-state index is 11.9. The summed E-state index contributed by atoms with van der Waals surface area (Å²) in [5, 5.41) is 0. The van der Waals surface area contributed by atoms with Gasteiger partial charge in [0.05, 0.1) is 24.9 Å². The molecule has 19 heavy (non-hydrogen) atoms. The van der Waals surface area contributed by atoms with Gasteiger partial charge >= 0.3 is 5.76 Å². The quantitative estimate of drug-likeness (QED) is 0.826. The highest BCUT2D eigenvalue weighted by molar-refractivity contribution is 5.72. The molecule has 2 atom stereocenters. The van der Waals surface area contributed by atoms with E-state index in [-0.39, 0.29) is 11.9 Å². The van der Waals surface area contributed by atoms with E-state index in [0.717, 1.165) is 12.1 Å². The molecule has 0 spiro atoms. The third kappa shape index (κ3) is 2.31. The minimum Gasteiger partial charge on any atom is -0.408 e. The van der Waals surface area contributed by atoms with Crippen molar-refractivity contribution in [1.82, 2.24) is 9.47 Å². The van der Waals surface area contributed by atoms with Gasteiger partial charge in [0.2, 0.25) is 0 Å². The monoisotopic (exact) mass is 262 g/mol. The molecule has 0 unspecified atom stereocenters. The van der Waals surface area contributed by atoms with Gasteiger partial charge in [-0.3, -0.25) is 9.47 Å². The first-order valence-corrected chi connectivity index (χ1v) is 6.59. The Morgan fingerprint density at radius 3 is 2.95 bits per heavy atom. The van der Waals surface area contributed by atoms with Crippen LogP contribution in [0.4, 0.5) is 0 Å². The molecule has 5 heteroatoms. The van der Waals surface area contributed by atoms with Crippen LogP contribution in [0.15, 0.2) is 33.5 Å². The van der Waals surface area contributed by atoms with Gasteiger partial charge in [0, 0.05) is 12.6 Å². The summed E-state index contributed by atoms with van der Waals surface area (Å²) < 4.78 is 12.5. The largest absolute Gasteiger partial charge is 0.421 e. The molecule has 1 saturated heterocycles. The number of hydrogen-bond acceptors (Lipinski definition) is 4. The Balaban J connectivity index is 1.92. The van der Waals surface area contributed by atoms with Crippen molar-refractivity contribution in [2.24, 2.45) is 0 Å². The first-order valence-electron chi connectivity index (χ1n) is 6.59. The van der Waals surface area contributed by atoms with Crippen LogP contribution < -0.4 is 5.76 Å². The zero-order chi connectivity index (χ0) is 13.4. The minimum atomic E-state index is -0.299. The fraction of sp³-hybridized carbons (Fsp3) is 0.500. The Hall–Kier alpha value is -1.59. The van der Waals surface area contributed by atoms with E-state index < -0.39 is 0 Å². The molecule has 0 aliphatic carbocycles. The van der Waals surface area contributed by atoms with Crippen LogP contribution in [0.2, 0.25) is 0 Å². The number of nitrogens with zero attached hydrogens (tertiary/aromatic N) is 2. The third-order valence-electron chi connectivity index (χ3n) is 3.63. The summed E-state index contributed by atoms with van der Waals surface area (Å²) in [4.78, 5) is 14.2. The predicted molar refractivity (Wildman–Crippen MR) is 72.1 cm³/mol. The van der Waals surface area contributed by atoms with Crippen LogP contribution in [0.25, 0.3) is 11.1 Å². The summed E-state index contributed by atoms with van der Waals surface area (Å²) in [5.41, 5.74) is 1.49. The van der Waals surface area contributed by atoms with Crippen molar-refractivity contribution in [3.63, 3.8) is 0 Å². The van der Waals surface area contributed by atoms with Gasteiger partial charge in [-0.15, -0.1) is 0 Å². The van der Waals surface area contributed by atoms with E-state index in [1.165, 1.54) is 0 Å². The molecule has 0 bridgehead atoms. The average Bonchev–Trinajstić information content (AvgIpc) is 2.71. The number of aromatic nitrogens is 1. The Kier molecular flexibility index (Phi) is 3.16. The molecule has 2 aromatic rings. The molecule has 2 heterocycles. The summed E-state index contributed by atoms with van der Waals surface area (Å²) in [6, 6.07) is 7.82. The van der Waals surface area contributed by atoms with E-state index in [4.69, 9.17) is 9.15 Å². The molecule has 1 fully saturated rings. The van der Waals surface area contributed by atoms with Crippen molar-refractivity contribution >= 4 is 11.1 Å². The first kappa shape index (κ1) is 12.4. The molecule has 3 rings (SSSR count). The van der Waals surface area contributed by atoms with Crippen molar-refractivity contribution in [3.8, 4) is 0 Å². The molecule has 5 nitrogen and oxygen atoms in total. The molecule has 1 aliphatic heterocycles. The van der Waals surface area contributed by atoms with Gasteiger partial charge in [0.25, 0.3) is 0 Å². The van der Waals surface area contributed by atoms with E-state index in [1.54, 1.807) is 4.57 Å². The molecular formula is C14H18N2O3. The lowest BCUT2D eigenvalue weighted by molar-refractivity contribution is -0.0610. The van der Waals surface area contributed by atoms with Crippen LogP contribution in [0.1, 0.15) is 13.8 Å². The standard InChI is InChI=1S/C14H18N2O3/c1-10-8-18-11(2)7-15(10)9-16-12-5-3-4-6-13(12)19-14(16)17/h3-6,10-11H,7-9H2,1-2H3/t10-,11+/m0/s1. The first-order chi connectivity index (χ1) is 9.15. The summed E-state index contributed by atoms with van der Waals surface area (Å²) in [5.74, 6) is -0.299. The highest BCUT2D eigenvalue weighted by atomic mass is 16.5. The Labute approximate surface area is 111 Å². The topological polar surface area (TPSA) is 47.6 Å². The second kappa shape index (κ2) is 4.83. The van der Waals surface area contributed by atoms with Crippen molar-refractivity contribution in [2.75, 3.05) is 13.2 Å². The molecule has 0 radical (unpaired) electrons. The second-order valence-electron chi connectivity index (χ2n) is 5.17. The summed E-state index contributed by atoms with van der Waals surface area (Å²) in [6.45, 7) is 6.23. The number of rotatable bonds is 2. The average molecular weight is 262 g/mol. The minimum absolute atomic E-state index is 0.199. The zero-order valence-electron chi connectivity index (χ0n) is 11.2. The van der Waals surface area contributed by atoms with Crippen LogP contribution in [0, 0.1) is 0 Å². The molecule has 0 amide bonds. The van der Waals surface area contributed by atoms with Crippen LogP contribution >= 0.6 is 0 Å². The van der Waals surface area contributed by atoms with Gasteiger partial charge in [-0.25, -0.2) is 4.79 Å². The fourth-order valence-corrected chi connectivity index (χ4v) is 2.50. The van der Waals surface area contributed by atoms with Gasteiger partial charge in [-0.05, 0) is 26.0 Å². The van der Waals surface area contributed by atoms with Crippen LogP contribution in [0.3, 0.4) is 0 Å². The van der Waals surface area contributed by atoms with E-state index in [9.17, 15) is 4.79 Å². The Morgan fingerprint density at radius 2 is 2.11 bits per heavy atom. The van der Waals surface area contributed by atoms with Crippen molar-refractivity contribution in [3.05, 3.63) is 34.8 Å². The molecule has 1 aromatic heterocycles. The number of hydrogen-bond donors (Lipinski definition) is 0. The summed E-state index contributed by atoms with van der Waals surface area (Å²) in [6.07, 6.45) is 0.199. The maximum Gasteiger partial charge on any atom is 0.421 e. The van der Waals surface area contributed by atoms with Gasteiger partial charge in [-0.2, -0.15) is 0 Å². The number of oxazole rings is 1. The van der Waals surface area contributed by atoms with Gasteiger partial charge in [-0.1, -0.05) is 12.1 Å². The maximum absolute atomic E-state index is 11.9. The van der Waals surface area contributed by atoms with Crippen LogP contribution in [-0.4, -0.2) is 34.8 Å². The molecular weight excluding hydrogens is 244 g/mol. The number of morpholine rings is 1. The lowest BCUT2D eigenvalue weighted by Crippen LogP contribution is -2.48. The predicted octanol–water partition coefficient (Wildman–Crippen LogP) is 1.66. The van der Waals surface area contributed by atoms with Crippen molar-refractivity contribution in [1.29, 1.82) is 0 Å². The summed E-state index contributed by atoms with van der Waals surface area (Å²) >= 11 is 0. The molecule has 1 aromatic carbocycles. The lowest BCUT2D eigenvalue weighted by Gasteiger charge is -2.36. The van der Waals surface area contributed by atoms with Gasteiger partial charge < -0.3 is 9.15 Å². The van der Waals surface area contributed by atoms with Crippen molar-refractivity contribution < 1.29 is 9.15 Å². The Bertz CT molecular complexity index is 631. The van der Waals surface area contributed by atoms with Gasteiger partial charge in [0.1, 0.15) is 0 Å². The highest BCUT2D eigenvalue weighted by Gasteiger charge is 2.24. The molecule has 0 saturated carbocycles. The number of fused-ring (bicyclic) bond motifs is 1. The Morgan fingerprint density at radius 1 is 1.32 bits per heavy atom. The lowest BCUT2D eigenvalue weighted by atomic mass is 10.2.